The molecule has 4 heteroatoms. The summed E-state index contributed by atoms with van der Waals surface area (Å²) in [5.74, 6) is 1.15. The van der Waals surface area contributed by atoms with E-state index in [-0.39, 0.29) is 23.7 Å². The number of carbonyl (C=O) groups excluding carboxylic acids is 1. The lowest BCUT2D eigenvalue weighted by atomic mass is 9.71. The van der Waals surface area contributed by atoms with E-state index >= 15 is 0 Å². The predicted octanol–water partition coefficient (Wildman–Crippen LogP) is 4.84. The highest BCUT2D eigenvalue weighted by Crippen LogP contribution is 2.40. The van der Waals surface area contributed by atoms with Crippen LogP contribution in [0.15, 0.2) is 54.8 Å². The zero-order valence-electron chi connectivity index (χ0n) is 16.6. The smallest absolute Gasteiger partial charge is 0.173 e. The van der Waals surface area contributed by atoms with Crippen molar-refractivity contribution in [2.24, 2.45) is 11.8 Å². The third-order valence-electron chi connectivity index (χ3n) is 5.94. The molecule has 0 saturated heterocycles. The van der Waals surface area contributed by atoms with Crippen LogP contribution in [-0.2, 0) is 9.53 Å². The predicted molar refractivity (Wildman–Crippen MR) is 111 cm³/mol. The van der Waals surface area contributed by atoms with Gasteiger partial charge in [-0.1, -0.05) is 36.8 Å². The van der Waals surface area contributed by atoms with E-state index in [1.807, 2.05) is 24.3 Å². The number of methoxy groups -OCH3 is 1. The van der Waals surface area contributed by atoms with E-state index in [4.69, 9.17) is 9.47 Å². The molecule has 2 aromatic rings. The van der Waals surface area contributed by atoms with Gasteiger partial charge in [0.1, 0.15) is 11.9 Å². The van der Waals surface area contributed by atoms with E-state index in [2.05, 4.69) is 43.4 Å². The fourth-order valence-corrected chi connectivity index (χ4v) is 4.43. The van der Waals surface area contributed by atoms with Crippen LogP contribution >= 0.6 is 0 Å². The summed E-state index contributed by atoms with van der Waals surface area (Å²) in [5, 5.41) is 3.62. The molecule has 0 bridgehead atoms. The number of Topliss-reactive ketones (excluding diaryl/α,β-unsaturated/α-hetero) is 1. The molecule has 1 fully saturated rings. The van der Waals surface area contributed by atoms with Gasteiger partial charge >= 0.3 is 0 Å². The van der Waals surface area contributed by atoms with Crippen LogP contribution in [-0.4, -0.2) is 25.0 Å². The van der Waals surface area contributed by atoms with Crippen molar-refractivity contribution in [2.45, 2.75) is 38.8 Å². The van der Waals surface area contributed by atoms with Gasteiger partial charge in [0.15, 0.2) is 5.78 Å². The van der Waals surface area contributed by atoms with Crippen molar-refractivity contribution >= 4 is 17.0 Å². The van der Waals surface area contributed by atoms with E-state index < -0.39 is 0 Å². The highest BCUT2D eigenvalue weighted by Gasteiger charge is 2.44. The van der Waals surface area contributed by atoms with E-state index in [1.165, 1.54) is 5.56 Å². The van der Waals surface area contributed by atoms with Gasteiger partial charge in [0.2, 0.25) is 0 Å². The maximum Gasteiger partial charge on any atom is 0.173 e. The molecule has 146 valence electrons. The van der Waals surface area contributed by atoms with Crippen molar-refractivity contribution in [3.63, 3.8) is 0 Å². The number of anilines is 1. The Morgan fingerprint density at radius 3 is 2.43 bits per heavy atom. The molecule has 1 N–H and O–H groups in total. The van der Waals surface area contributed by atoms with Crippen LogP contribution in [0.4, 0.5) is 5.69 Å². The quantitative estimate of drug-likeness (QED) is 0.828. The maximum absolute atomic E-state index is 13.2. The van der Waals surface area contributed by atoms with Crippen LogP contribution in [0, 0.1) is 18.8 Å². The first-order valence-electron chi connectivity index (χ1n) is 9.92. The fraction of sp³-hybridized carbons (Fsp3) is 0.375. The molecule has 0 radical (unpaired) electrons. The Morgan fingerprint density at radius 1 is 1.04 bits per heavy atom. The number of allylic oxidation sites excluding steroid dienone is 1. The second kappa shape index (κ2) is 7.70. The standard InChI is InChI=1S/C24H27NO3/c1-15-4-8-18(9-5-15)25-19-12-16(2)23-22(13-19)28-14-21(24(23)26)17-6-10-20(27-3)11-7-17/h4-11,14,16,19,22-23,25H,12-13H2,1-3H3. The van der Waals surface area contributed by atoms with Crippen molar-refractivity contribution in [1.82, 2.24) is 0 Å². The van der Waals surface area contributed by atoms with Crippen molar-refractivity contribution in [3.8, 4) is 5.75 Å². The summed E-state index contributed by atoms with van der Waals surface area (Å²) in [5.41, 5.74) is 3.93. The second-order valence-corrected chi connectivity index (χ2v) is 7.98. The molecular formula is C24H27NO3. The highest BCUT2D eigenvalue weighted by molar-refractivity contribution is 6.22. The van der Waals surface area contributed by atoms with Gasteiger partial charge in [0, 0.05) is 18.2 Å². The Bertz CT molecular complexity index is 870. The molecule has 28 heavy (non-hydrogen) atoms. The van der Waals surface area contributed by atoms with E-state index in [0.717, 1.165) is 29.8 Å². The number of nitrogens with one attached hydrogen (secondary N) is 1. The van der Waals surface area contributed by atoms with Gasteiger partial charge in [-0.2, -0.15) is 0 Å². The van der Waals surface area contributed by atoms with Crippen molar-refractivity contribution < 1.29 is 14.3 Å². The minimum absolute atomic E-state index is 0.0683. The number of benzene rings is 2. The summed E-state index contributed by atoms with van der Waals surface area (Å²) in [7, 11) is 1.64. The van der Waals surface area contributed by atoms with Crippen LogP contribution in [0.5, 0.6) is 5.75 Å². The van der Waals surface area contributed by atoms with Crippen molar-refractivity contribution in [3.05, 3.63) is 65.9 Å². The molecule has 4 nitrogen and oxygen atoms in total. The lowest BCUT2D eigenvalue weighted by Gasteiger charge is -2.42. The highest BCUT2D eigenvalue weighted by atomic mass is 16.5. The minimum atomic E-state index is -0.0850. The molecule has 1 aliphatic heterocycles. The lowest BCUT2D eigenvalue weighted by Crippen LogP contribution is -2.47. The van der Waals surface area contributed by atoms with Gasteiger partial charge in [0.05, 0.1) is 24.9 Å². The summed E-state index contributed by atoms with van der Waals surface area (Å²) < 4.78 is 11.3. The molecule has 4 unspecified atom stereocenters. The monoisotopic (exact) mass is 377 g/mol. The Balaban J connectivity index is 1.49. The van der Waals surface area contributed by atoms with Crippen LogP contribution in [0.2, 0.25) is 0 Å². The summed E-state index contributed by atoms with van der Waals surface area (Å²) >= 11 is 0. The van der Waals surface area contributed by atoms with Gasteiger partial charge in [-0.3, -0.25) is 4.79 Å². The molecule has 2 aliphatic rings. The fourth-order valence-electron chi connectivity index (χ4n) is 4.43. The average Bonchev–Trinajstić information content (AvgIpc) is 2.70. The Kier molecular flexibility index (Phi) is 5.12. The van der Waals surface area contributed by atoms with Crippen LogP contribution in [0.1, 0.15) is 30.9 Å². The largest absolute Gasteiger partial charge is 0.497 e. The number of fused-ring (bicyclic) bond motifs is 1. The summed E-state index contributed by atoms with van der Waals surface area (Å²) in [6.07, 6.45) is 3.38. The first-order chi connectivity index (χ1) is 13.5. The summed E-state index contributed by atoms with van der Waals surface area (Å²) in [6.45, 7) is 4.25. The van der Waals surface area contributed by atoms with Crippen molar-refractivity contribution in [2.75, 3.05) is 12.4 Å². The zero-order valence-corrected chi connectivity index (χ0v) is 16.6. The minimum Gasteiger partial charge on any atom is -0.497 e. The van der Waals surface area contributed by atoms with Crippen LogP contribution in [0.25, 0.3) is 5.57 Å². The Morgan fingerprint density at radius 2 is 1.75 bits per heavy atom. The second-order valence-electron chi connectivity index (χ2n) is 7.98. The van der Waals surface area contributed by atoms with Gasteiger partial charge in [0.25, 0.3) is 0 Å². The summed E-state index contributed by atoms with van der Waals surface area (Å²) in [4.78, 5) is 13.2. The molecule has 4 rings (SSSR count). The first kappa shape index (κ1) is 18.6. The van der Waals surface area contributed by atoms with Gasteiger partial charge in [-0.25, -0.2) is 0 Å². The summed E-state index contributed by atoms with van der Waals surface area (Å²) in [6, 6.07) is 16.3. The van der Waals surface area contributed by atoms with Crippen LogP contribution in [0.3, 0.4) is 0 Å². The molecule has 0 aromatic heterocycles. The first-order valence-corrected chi connectivity index (χ1v) is 9.92. The molecular weight excluding hydrogens is 350 g/mol. The van der Waals surface area contributed by atoms with Gasteiger partial charge in [-0.15, -0.1) is 0 Å². The van der Waals surface area contributed by atoms with E-state index in [9.17, 15) is 4.79 Å². The number of ketones is 1. The third kappa shape index (κ3) is 3.64. The molecule has 0 spiro atoms. The van der Waals surface area contributed by atoms with Gasteiger partial charge in [-0.05, 0) is 49.1 Å². The average molecular weight is 377 g/mol. The lowest BCUT2D eigenvalue weighted by molar-refractivity contribution is -0.127. The molecule has 1 saturated carbocycles. The number of rotatable bonds is 4. The van der Waals surface area contributed by atoms with Crippen LogP contribution < -0.4 is 10.1 Å². The third-order valence-corrected chi connectivity index (χ3v) is 5.94. The van der Waals surface area contributed by atoms with Crippen molar-refractivity contribution in [1.29, 1.82) is 0 Å². The molecule has 1 heterocycles. The van der Waals surface area contributed by atoms with E-state index in [0.29, 0.717) is 11.6 Å². The normalized spacial score (nSPS) is 26.7. The van der Waals surface area contributed by atoms with Gasteiger partial charge < -0.3 is 14.8 Å². The molecule has 0 amide bonds. The maximum atomic E-state index is 13.2. The SMILES string of the molecule is COc1ccc(C2=COC3CC(Nc4ccc(C)cc4)CC(C)C3C2=O)cc1. The number of aryl methyl sites for hydroxylation is 1. The molecule has 4 atom stereocenters. The van der Waals surface area contributed by atoms with E-state index in [1.54, 1.807) is 13.4 Å². The molecule has 2 aromatic carbocycles. The molecule has 1 aliphatic carbocycles. The number of hydrogen-bond acceptors (Lipinski definition) is 4. The number of ether oxygens (including phenoxy) is 2. The Hall–Kier alpha value is -2.75. The number of carbonyl (C=O) groups is 1. The zero-order chi connectivity index (χ0) is 19.7. The Labute approximate surface area is 166 Å². The topological polar surface area (TPSA) is 47.6 Å². The number of hydrogen-bond donors (Lipinski definition) is 1.